The number of anilines is 1. The molecular weight excluding hydrogens is 224 g/mol. The molecule has 6 heteroatoms. The van der Waals surface area contributed by atoms with Crippen LogP contribution in [-0.4, -0.2) is 24.0 Å². The number of nitro benzene ring substituents is 1. The van der Waals surface area contributed by atoms with Gasteiger partial charge in [-0.3, -0.25) is 10.1 Å². The molecule has 0 unspecified atom stereocenters. The highest BCUT2D eigenvalue weighted by Gasteiger charge is 2.18. The van der Waals surface area contributed by atoms with E-state index in [1.165, 1.54) is 12.1 Å². The van der Waals surface area contributed by atoms with E-state index in [0.717, 1.165) is 6.07 Å². The molecule has 1 aromatic rings. The van der Waals surface area contributed by atoms with Crippen LogP contribution in [0.4, 0.5) is 11.4 Å². The number of carbonyl (C=O) groups excluding carboxylic acids is 1. The molecular formula is C11H13N2O4-. The van der Waals surface area contributed by atoms with Gasteiger partial charge in [-0.05, 0) is 19.9 Å². The van der Waals surface area contributed by atoms with Crippen molar-refractivity contribution in [1.29, 1.82) is 0 Å². The lowest BCUT2D eigenvalue weighted by molar-refractivity contribution is -0.384. The highest BCUT2D eigenvalue weighted by molar-refractivity contribution is 5.88. The highest BCUT2D eigenvalue weighted by atomic mass is 16.6. The number of rotatable bonds is 5. The maximum atomic E-state index is 10.9. The van der Waals surface area contributed by atoms with E-state index in [1.807, 2.05) is 13.8 Å². The van der Waals surface area contributed by atoms with E-state index in [1.54, 1.807) is 4.90 Å². The van der Waals surface area contributed by atoms with E-state index in [-0.39, 0.29) is 11.3 Å². The van der Waals surface area contributed by atoms with Crippen LogP contribution in [0.1, 0.15) is 24.2 Å². The quantitative estimate of drug-likeness (QED) is 0.558. The van der Waals surface area contributed by atoms with Crippen LogP contribution in [0.15, 0.2) is 18.2 Å². The molecule has 0 spiro atoms. The van der Waals surface area contributed by atoms with E-state index in [2.05, 4.69) is 0 Å². The van der Waals surface area contributed by atoms with E-state index in [9.17, 15) is 20.0 Å². The smallest absolute Gasteiger partial charge is 0.293 e. The summed E-state index contributed by atoms with van der Waals surface area (Å²) in [6.45, 7) is 4.98. The van der Waals surface area contributed by atoms with Crippen LogP contribution < -0.4 is 10.0 Å². The Bertz CT molecular complexity index is 441. The van der Waals surface area contributed by atoms with Crippen LogP contribution in [0, 0.1) is 10.1 Å². The Balaban J connectivity index is 3.31. The molecule has 0 N–H and O–H groups in total. The molecule has 0 aromatic heterocycles. The topological polar surface area (TPSA) is 86.5 Å². The molecule has 0 atom stereocenters. The number of carbonyl (C=O) groups is 1. The number of aromatic carboxylic acids is 1. The van der Waals surface area contributed by atoms with Crippen molar-refractivity contribution in [1.82, 2.24) is 0 Å². The fourth-order valence-corrected chi connectivity index (χ4v) is 1.63. The summed E-state index contributed by atoms with van der Waals surface area (Å²) in [7, 11) is 0. The SMILES string of the molecule is CCN(CC)c1ccc(C(=O)[O-])cc1[N+](=O)[O-]. The zero-order valence-corrected chi connectivity index (χ0v) is 9.67. The zero-order chi connectivity index (χ0) is 13.0. The van der Waals surface area contributed by atoms with Gasteiger partial charge in [-0.1, -0.05) is 6.07 Å². The second-order valence-electron chi connectivity index (χ2n) is 3.42. The van der Waals surface area contributed by atoms with Crippen LogP contribution in [0.5, 0.6) is 0 Å². The molecule has 0 radical (unpaired) electrons. The van der Waals surface area contributed by atoms with Gasteiger partial charge in [-0.25, -0.2) is 0 Å². The fraction of sp³-hybridized carbons (Fsp3) is 0.364. The predicted octanol–water partition coefficient (Wildman–Crippen LogP) is 0.804. The Morgan fingerprint density at radius 2 is 1.94 bits per heavy atom. The summed E-state index contributed by atoms with van der Waals surface area (Å²) in [6.07, 6.45) is 0. The van der Waals surface area contributed by atoms with Crippen LogP contribution >= 0.6 is 0 Å². The number of carboxylic acids is 1. The van der Waals surface area contributed by atoms with Gasteiger partial charge in [0.25, 0.3) is 5.69 Å². The third-order valence-electron chi connectivity index (χ3n) is 2.51. The Labute approximate surface area is 98.6 Å². The molecule has 6 nitrogen and oxygen atoms in total. The summed E-state index contributed by atoms with van der Waals surface area (Å²) in [4.78, 5) is 22.8. The molecule has 0 amide bonds. The fourth-order valence-electron chi connectivity index (χ4n) is 1.63. The second kappa shape index (κ2) is 5.29. The van der Waals surface area contributed by atoms with Crippen molar-refractivity contribution in [2.75, 3.05) is 18.0 Å². The first kappa shape index (κ1) is 13.0. The Morgan fingerprint density at radius 3 is 2.35 bits per heavy atom. The van der Waals surface area contributed by atoms with E-state index < -0.39 is 10.9 Å². The third-order valence-corrected chi connectivity index (χ3v) is 2.51. The largest absolute Gasteiger partial charge is 0.545 e. The minimum atomic E-state index is -1.42. The second-order valence-corrected chi connectivity index (χ2v) is 3.42. The van der Waals surface area contributed by atoms with Gasteiger partial charge in [0.15, 0.2) is 0 Å². The van der Waals surface area contributed by atoms with Crippen molar-refractivity contribution in [2.24, 2.45) is 0 Å². The summed E-state index contributed by atoms with van der Waals surface area (Å²) < 4.78 is 0. The molecule has 0 bridgehead atoms. The van der Waals surface area contributed by atoms with Gasteiger partial charge in [-0.2, -0.15) is 0 Å². The van der Waals surface area contributed by atoms with Crippen molar-refractivity contribution in [3.63, 3.8) is 0 Å². The maximum absolute atomic E-state index is 10.9. The predicted molar refractivity (Wildman–Crippen MR) is 61.0 cm³/mol. The van der Waals surface area contributed by atoms with E-state index in [0.29, 0.717) is 18.8 Å². The lowest BCUT2D eigenvalue weighted by Crippen LogP contribution is -2.25. The van der Waals surface area contributed by atoms with Crippen molar-refractivity contribution < 1.29 is 14.8 Å². The maximum Gasteiger partial charge on any atom is 0.293 e. The molecule has 1 aromatic carbocycles. The first-order chi connectivity index (χ1) is 8.01. The third kappa shape index (κ3) is 2.72. The number of benzene rings is 1. The first-order valence-electron chi connectivity index (χ1n) is 5.26. The molecule has 0 aliphatic carbocycles. The normalized spacial score (nSPS) is 10.0. The van der Waals surface area contributed by atoms with Crippen LogP contribution in [0.25, 0.3) is 0 Å². The van der Waals surface area contributed by atoms with E-state index in [4.69, 9.17) is 0 Å². The van der Waals surface area contributed by atoms with Gasteiger partial charge < -0.3 is 14.8 Å². The Hall–Kier alpha value is -2.11. The number of hydrogen-bond donors (Lipinski definition) is 0. The molecule has 0 saturated carbocycles. The van der Waals surface area contributed by atoms with Gasteiger partial charge in [0.1, 0.15) is 5.69 Å². The summed E-state index contributed by atoms with van der Waals surface area (Å²) in [6, 6.07) is 3.79. The van der Waals surface area contributed by atoms with Gasteiger partial charge in [0.2, 0.25) is 0 Å². The molecule has 0 aliphatic heterocycles. The number of nitrogens with zero attached hydrogens (tertiary/aromatic N) is 2. The number of carboxylic acid groups (broad SMARTS) is 1. The zero-order valence-electron chi connectivity index (χ0n) is 9.67. The summed E-state index contributed by atoms with van der Waals surface area (Å²) >= 11 is 0. The minimum Gasteiger partial charge on any atom is -0.545 e. The average molecular weight is 237 g/mol. The average Bonchev–Trinajstić information content (AvgIpc) is 2.30. The standard InChI is InChI=1S/C11H14N2O4/c1-3-12(4-2)9-6-5-8(11(14)15)7-10(9)13(16)17/h5-7H,3-4H2,1-2H3,(H,14,15)/p-1. The first-order valence-corrected chi connectivity index (χ1v) is 5.26. The van der Waals surface area contributed by atoms with Crippen LogP contribution in [-0.2, 0) is 0 Å². The molecule has 17 heavy (non-hydrogen) atoms. The van der Waals surface area contributed by atoms with Gasteiger partial charge in [-0.15, -0.1) is 0 Å². The molecule has 92 valence electrons. The van der Waals surface area contributed by atoms with Gasteiger partial charge >= 0.3 is 0 Å². The number of hydrogen-bond acceptors (Lipinski definition) is 5. The molecule has 0 heterocycles. The lowest BCUT2D eigenvalue weighted by Gasteiger charge is -2.21. The number of nitro groups is 1. The highest BCUT2D eigenvalue weighted by Crippen LogP contribution is 2.28. The Kier molecular flexibility index (Phi) is 4.03. The van der Waals surface area contributed by atoms with E-state index >= 15 is 0 Å². The summed E-state index contributed by atoms with van der Waals surface area (Å²) in [5.74, 6) is -1.42. The molecule has 0 saturated heterocycles. The lowest BCUT2D eigenvalue weighted by atomic mass is 10.1. The summed E-state index contributed by atoms with van der Waals surface area (Å²) in [5, 5.41) is 21.5. The molecule has 0 fully saturated rings. The van der Waals surface area contributed by atoms with Crippen molar-refractivity contribution >= 4 is 17.3 Å². The van der Waals surface area contributed by atoms with Crippen molar-refractivity contribution in [2.45, 2.75) is 13.8 Å². The van der Waals surface area contributed by atoms with Crippen molar-refractivity contribution in [3.05, 3.63) is 33.9 Å². The van der Waals surface area contributed by atoms with Gasteiger partial charge in [0, 0.05) is 24.7 Å². The Morgan fingerprint density at radius 1 is 1.35 bits per heavy atom. The summed E-state index contributed by atoms with van der Waals surface area (Å²) in [5.41, 5.74) is 0.0213. The molecule has 1 rings (SSSR count). The van der Waals surface area contributed by atoms with Crippen LogP contribution in [0.3, 0.4) is 0 Å². The van der Waals surface area contributed by atoms with Gasteiger partial charge in [0.05, 0.1) is 10.9 Å². The monoisotopic (exact) mass is 237 g/mol. The molecule has 0 aliphatic rings. The van der Waals surface area contributed by atoms with Crippen molar-refractivity contribution in [3.8, 4) is 0 Å². The minimum absolute atomic E-state index is 0.187. The van der Waals surface area contributed by atoms with Crippen LogP contribution in [0.2, 0.25) is 0 Å².